The molecule has 0 bridgehead atoms. The summed E-state index contributed by atoms with van der Waals surface area (Å²) < 4.78 is 12.1. The highest BCUT2D eigenvalue weighted by Crippen LogP contribution is 2.33. The first kappa shape index (κ1) is 22.3. The molecule has 0 saturated carbocycles. The van der Waals surface area contributed by atoms with Gasteiger partial charge >= 0.3 is 0 Å². The van der Waals surface area contributed by atoms with Crippen molar-refractivity contribution in [2.45, 2.75) is 6.42 Å². The maximum Gasteiger partial charge on any atom is 0.266 e. The molecule has 6 nitrogen and oxygen atoms in total. The number of hydrogen-bond donors (Lipinski definition) is 0. The van der Waals surface area contributed by atoms with Crippen LogP contribution in [0, 0.1) is 0 Å². The Kier molecular flexibility index (Phi) is 7.63. The van der Waals surface area contributed by atoms with Crippen LogP contribution in [0.5, 0.6) is 5.75 Å². The number of amides is 1. The van der Waals surface area contributed by atoms with E-state index in [1.165, 1.54) is 11.3 Å². The second-order valence-corrected chi connectivity index (χ2v) is 9.03. The van der Waals surface area contributed by atoms with Crippen LogP contribution in [0.4, 0.5) is 5.13 Å². The molecule has 9 heteroatoms. The maximum atomic E-state index is 13.1. The van der Waals surface area contributed by atoms with E-state index in [2.05, 4.69) is 9.88 Å². The molecular weight excluding hydrogens is 457 g/mol. The number of halogens is 2. The molecule has 1 aromatic heterocycles. The van der Waals surface area contributed by atoms with E-state index in [9.17, 15) is 4.79 Å². The number of fused-ring (bicyclic) bond motifs is 1. The number of carbonyl (C=O) groups excluding carboxylic acids is 1. The molecule has 2 heterocycles. The fourth-order valence-corrected chi connectivity index (χ4v) is 4.81. The first-order valence-corrected chi connectivity index (χ1v) is 11.7. The maximum absolute atomic E-state index is 13.1. The number of hydrogen-bond acceptors (Lipinski definition) is 6. The molecule has 1 aliphatic rings. The van der Waals surface area contributed by atoms with Crippen LogP contribution in [0.2, 0.25) is 10.0 Å². The molecule has 31 heavy (non-hydrogen) atoms. The zero-order valence-electron chi connectivity index (χ0n) is 16.9. The van der Waals surface area contributed by atoms with Crippen LogP contribution in [-0.4, -0.2) is 61.8 Å². The first-order chi connectivity index (χ1) is 15.1. The van der Waals surface area contributed by atoms with Crippen molar-refractivity contribution in [2.75, 3.05) is 50.9 Å². The van der Waals surface area contributed by atoms with Gasteiger partial charge in [0.15, 0.2) is 11.7 Å². The minimum Gasteiger partial charge on any atom is -0.484 e. The van der Waals surface area contributed by atoms with Gasteiger partial charge in [0.25, 0.3) is 5.91 Å². The number of rotatable bonds is 8. The summed E-state index contributed by atoms with van der Waals surface area (Å²) in [5.74, 6) is 0.450. The van der Waals surface area contributed by atoms with Gasteiger partial charge in [-0.3, -0.25) is 14.6 Å². The third kappa shape index (κ3) is 5.87. The SMILES string of the molecule is O=C(COc1ccc(Cl)cc1)N(CCCN1CCOCC1)c1nc2c(Cl)cccc2s1. The molecule has 0 aliphatic carbocycles. The minimum absolute atomic E-state index is 0.0805. The smallest absolute Gasteiger partial charge is 0.266 e. The molecule has 3 aromatic rings. The van der Waals surface area contributed by atoms with E-state index >= 15 is 0 Å². The number of carbonyl (C=O) groups is 1. The summed E-state index contributed by atoms with van der Waals surface area (Å²) in [4.78, 5) is 21.8. The van der Waals surface area contributed by atoms with E-state index in [1.54, 1.807) is 29.2 Å². The second-order valence-electron chi connectivity index (χ2n) is 7.18. The van der Waals surface area contributed by atoms with Crippen LogP contribution in [0.1, 0.15) is 6.42 Å². The largest absolute Gasteiger partial charge is 0.484 e. The lowest BCUT2D eigenvalue weighted by atomic mass is 10.3. The highest BCUT2D eigenvalue weighted by atomic mass is 35.5. The van der Waals surface area contributed by atoms with Crippen molar-refractivity contribution in [2.24, 2.45) is 0 Å². The van der Waals surface area contributed by atoms with Gasteiger partial charge in [-0.1, -0.05) is 40.6 Å². The number of para-hydroxylation sites is 1. The molecule has 2 aromatic carbocycles. The van der Waals surface area contributed by atoms with Gasteiger partial charge in [-0.15, -0.1) is 0 Å². The van der Waals surface area contributed by atoms with Crippen molar-refractivity contribution in [3.63, 3.8) is 0 Å². The van der Waals surface area contributed by atoms with Crippen molar-refractivity contribution in [1.82, 2.24) is 9.88 Å². The van der Waals surface area contributed by atoms with Crippen LogP contribution in [0.3, 0.4) is 0 Å². The Morgan fingerprint density at radius 3 is 2.68 bits per heavy atom. The van der Waals surface area contributed by atoms with Crippen molar-refractivity contribution >= 4 is 55.8 Å². The molecule has 4 rings (SSSR count). The average Bonchev–Trinajstić information content (AvgIpc) is 3.22. The molecule has 0 atom stereocenters. The summed E-state index contributed by atoms with van der Waals surface area (Å²) in [6.45, 7) is 4.73. The lowest BCUT2D eigenvalue weighted by Gasteiger charge is -2.27. The van der Waals surface area contributed by atoms with Gasteiger partial charge in [-0.25, -0.2) is 4.98 Å². The van der Waals surface area contributed by atoms with Gasteiger partial charge in [0.05, 0.1) is 22.9 Å². The number of aromatic nitrogens is 1. The van der Waals surface area contributed by atoms with Gasteiger partial charge < -0.3 is 9.47 Å². The summed E-state index contributed by atoms with van der Waals surface area (Å²) in [5, 5.41) is 1.84. The molecular formula is C22H23Cl2N3O3S. The normalized spacial score (nSPS) is 14.6. The second kappa shape index (κ2) is 10.6. The molecule has 1 fully saturated rings. The fraction of sp³-hybridized carbons (Fsp3) is 0.364. The standard InChI is InChI=1S/C22H23Cl2N3O3S/c23-16-5-7-17(8-6-16)30-15-20(28)27(10-2-9-26-11-13-29-14-12-26)22-25-21-18(24)3-1-4-19(21)31-22/h1,3-8H,2,9-15H2. The molecule has 0 spiro atoms. The summed E-state index contributed by atoms with van der Waals surface area (Å²) in [6.07, 6.45) is 0.830. The van der Waals surface area contributed by atoms with E-state index in [0.29, 0.717) is 33.0 Å². The molecule has 0 unspecified atom stereocenters. The molecule has 1 aliphatic heterocycles. The Morgan fingerprint density at radius 1 is 1.16 bits per heavy atom. The van der Waals surface area contributed by atoms with Crippen LogP contribution in [-0.2, 0) is 9.53 Å². The predicted octanol–water partition coefficient (Wildman–Crippen LogP) is 4.74. The Balaban J connectivity index is 1.47. The summed E-state index contributed by atoms with van der Waals surface area (Å²) in [5.41, 5.74) is 0.716. The monoisotopic (exact) mass is 479 g/mol. The lowest BCUT2D eigenvalue weighted by Crippen LogP contribution is -2.40. The highest BCUT2D eigenvalue weighted by molar-refractivity contribution is 7.22. The van der Waals surface area contributed by atoms with E-state index < -0.39 is 0 Å². The number of benzene rings is 2. The van der Waals surface area contributed by atoms with E-state index in [0.717, 1.165) is 44.0 Å². The van der Waals surface area contributed by atoms with Crippen molar-refractivity contribution in [3.05, 3.63) is 52.5 Å². The lowest BCUT2D eigenvalue weighted by molar-refractivity contribution is -0.120. The summed E-state index contributed by atoms with van der Waals surface area (Å²) in [7, 11) is 0. The van der Waals surface area contributed by atoms with Crippen LogP contribution in [0.25, 0.3) is 10.2 Å². The molecule has 1 amide bonds. The first-order valence-electron chi connectivity index (χ1n) is 10.1. The number of thiazole rings is 1. The third-order valence-corrected chi connectivity index (χ3v) is 6.63. The van der Waals surface area contributed by atoms with Crippen LogP contribution < -0.4 is 9.64 Å². The Hall–Kier alpha value is -1.90. The average molecular weight is 480 g/mol. The summed E-state index contributed by atoms with van der Waals surface area (Å²) in [6, 6.07) is 12.6. The summed E-state index contributed by atoms with van der Waals surface area (Å²) >= 11 is 13.7. The van der Waals surface area contributed by atoms with Crippen molar-refractivity contribution in [3.8, 4) is 5.75 Å². The number of morpholine rings is 1. The van der Waals surface area contributed by atoms with E-state index in [4.69, 9.17) is 32.7 Å². The third-order valence-electron chi connectivity index (χ3n) is 5.03. The molecule has 0 radical (unpaired) electrons. The number of nitrogens with zero attached hydrogens (tertiary/aromatic N) is 3. The molecule has 164 valence electrons. The number of anilines is 1. The predicted molar refractivity (Wildman–Crippen MR) is 126 cm³/mol. The van der Waals surface area contributed by atoms with Crippen LogP contribution >= 0.6 is 34.5 Å². The fourth-order valence-electron chi connectivity index (χ4n) is 3.38. The quantitative estimate of drug-likeness (QED) is 0.467. The number of ether oxygens (including phenoxy) is 2. The topological polar surface area (TPSA) is 54.9 Å². The van der Waals surface area contributed by atoms with Gasteiger partial charge in [0.2, 0.25) is 0 Å². The Labute approximate surface area is 195 Å². The minimum atomic E-state index is -0.146. The van der Waals surface area contributed by atoms with Gasteiger partial charge in [0, 0.05) is 31.2 Å². The zero-order chi connectivity index (χ0) is 21.6. The van der Waals surface area contributed by atoms with Crippen molar-refractivity contribution in [1.29, 1.82) is 0 Å². The highest BCUT2D eigenvalue weighted by Gasteiger charge is 2.21. The van der Waals surface area contributed by atoms with Gasteiger partial charge in [-0.05, 0) is 42.8 Å². The Bertz CT molecular complexity index is 1020. The molecule has 1 saturated heterocycles. The van der Waals surface area contributed by atoms with Gasteiger partial charge in [-0.2, -0.15) is 0 Å². The Morgan fingerprint density at radius 2 is 1.94 bits per heavy atom. The van der Waals surface area contributed by atoms with Crippen molar-refractivity contribution < 1.29 is 14.3 Å². The van der Waals surface area contributed by atoms with Gasteiger partial charge in [0.1, 0.15) is 11.3 Å². The van der Waals surface area contributed by atoms with Crippen LogP contribution in [0.15, 0.2) is 42.5 Å². The zero-order valence-corrected chi connectivity index (χ0v) is 19.3. The van der Waals surface area contributed by atoms with E-state index in [1.807, 2.05) is 18.2 Å². The van der Waals surface area contributed by atoms with E-state index in [-0.39, 0.29) is 12.5 Å². The molecule has 0 N–H and O–H groups in total.